The Hall–Kier alpha value is -0.870. The molecule has 1 aromatic heterocycles. The molecule has 0 saturated heterocycles. The summed E-state index contributed by atoms with van der Waals surface area (Å²) in [6.45, 7) is 6.56. The fourth-order valence-electron chi connectivity index (χ4n) is 2.42. The lowest BCUT2D eigenvalue weighted by atomic mass is 10.3. The van der Waals surface area contributed by atoms with Crippen molar-refractivity contribution in [3.63, 3.8) is 0 Å². The van der Waals surface area contributed by atoms with Crippen LogP contribution in [0.3, 0.4) is 0 Å². The number of nitrogens with one attached hydrogen (secondary N) is 1. The van der Waals surface area contributed by atoms with Crippen molar-refractivity contribution in [2.45, 2.75) is 58.2 Å². The van der Waals surface area contributed by atoms with Gasteiger partial charge in [-0.25, -0.2) is 0 Å². The van der Waals surface area contributed by atoms with Crippen LogP contribution in [-0.4, -0.2) is 29.0 Å². The number of aromatic nitrogens is 2. The quantitative estimate of drug-likeness (QED) is 0.757. The van der Waals surface area contributed by atoms with Crippen molar-refractivity contribution in [2.24, 2.45) is 0 Å². The predicted molar refractivity (Wildman–Crippen MR) is 72.5 cm³/mol. The number of hydrogen-bond acceptors (Lipinski definition) is 3. The second-order valence-electron chi connectivity index (χ2n) is 5.39. The third-order valence-electron chi connectivity index (χ3n) is 3.41. The van der Waals surface area contributed by atoms with Gasteiger partial charge in [0.2, 0.25) is 0 Å². The summed E-state index contributed by atoms with van der Waals surface area (Å²) in [5.41, 5.74) is 1.05. The summed E-state index contributed by atoms with van der Waals surface area (Å²) in [5.74, 6) is 0. The van der Waals surface area contributed by atoms with Crippen LogP contribution in [0.25, 0.3) is 0 Å². The molecule has 18 heavy (non-hydrogen) atoms. The van der Waals surface area contributed by atoms with E-state index in [1.54, 1.807) is 0 Å². The van der Waals surface area contributed by atoms with Gasteiger partial charge in [-0.1, -0.05) is 26.7 Å². The van der Waals surface area contributed by atoms with E-state index in [9.17, 15) is 0 Å². The molecule has 1 N–H and O–H groups in total. The van der Waals surface area contributed by atoms with Crippen LogP contribution in [0.2, 0.25) is 0 Å². The molecule has 4 nitrogen and oxygen atoms in total. The molecular formula is C14H25N3O. The molecule has 0 atom stereocenters. The third kappa shape index (κ3) is 4.10. The van der Waals surface area contributed by atoms with Gasteiger partial charge in [0.15, 0.2) is 0 Å². The first-order chi connectivity index (χ1) is 8.75. The Kier molecular flexibility index (Phi) is 5.20. The molecule has 1 aromatic rings. The van der Waals surface area contributed by atoms with Gasteiger partial charge in [0.05, 0.1) is 24.9 Å². The smallest absolute Gasteiger partial charge is 0.0907 e. The van der Waals surface area contributed by atoms with Gasteiger partial charge in [-0.15, -0.1) is 0 Å². The molecule has 0 radical (unpaired) electrons. The number of ether oxygens (including phenoxy) is 1. The van der Waals surface area contributed by atoms with Gasteiger partial charge in [-0.05, 0) is 18.9 Å². The molecule has 0 aromatic carbocycles. The van der Waals surface area contributed by atoms with Crippen molar-refractivity contribution in [1.82, 2.24) is 15.1 Å². The highest BCUT2D eigenvalue weighted by Crippen LogP contribution is 2.28. The molecule has 0 aliphatic heterocycles. The molecular weight excluding hydrogens is 226 g/mol. The number of nitrogens with zero attached hydrogens (tertiary/aromatic N) is 2. The molecule has 1 aliphatic rings. The van der Waals surface area contributed by atoms with Crippen LogP contribution in [0.15, 0.2) is 12.3 Å². The molecule has 0 unspecified atom stereocenters. The fraction of sp³-hybridized carbons (Fsp3) is 0.786. The predicted octanol–water partition coefficient (Wildman–Crippen LogP) is 2.51. The lowest BCUT2D eigenvalue weighted by Gasteiger charge is -2.09. The van der Waals surface area contributed by atoms with Gasteiger partial charge in [-0.3, -0.25) is 4.68 Å². The topological polar surface area (TPSA) is 39.1 Å². The van der Waals surface area contributed by atoms with Crippen LogP contribution in [0, 0.1) is 0 Å². The average Bonchev–Trinajstić information content (AvgIpc) is 2.98. The van der Waals surface area contributed by atoms with Crippen molar-refractivity contribution >= 4 is 0 Å². The molecule has 2 rings (SSSR count). The highest BCUT2D eigenvalue weighted by molar-refractivity contribution is 4.98. The van der Waals surface area contributed by atoms with E-state index < -0.39 is 0 Å². The van der Waals surface area contributed by atoms with Crippen molar-refractivity contribution in [2.75, 3.05) is 13.2 Å². The molecule has 1 heterocycles. The molecule has 0 amide bonds. The zero-order chi connectivity index (χ0) is 12.8. The van der Waals surface area contributed by atoms with Crippen molar-refractivity contribution in [3.05, 3.63) is 18.0 Å². The minimum Gasteiger partial charge on any atom is -0.374 e. The van der Waals surface area contributed by atoms with Crippen molar-refractivity contribution < 1.29 is 4.74 Å². The van der Waals surface area contributed by atoms with Crippen LogP contribution in [-0.2, 0) is 11.3 Å². The van der Waals surface area contributed by atoms with E-state index in [0.717, 1.165) is 18.8 Å². The van der Waals surface area contributed by atoms with Crippen molar-refractivity contribution in [1.29, 1.82) is 0 Å². The molecule has 4 heteroatoms. The van der Waals surface area contributed by atoms with Crippen LogP contribution < -0.4 is 5.32 Å². The number of rotatable bonds is 7. The molecule has 102 valence electrons. The maximum atomic E-state index is 5.61. The SMILES string of the molecule is CC(C)NCCOCc1ccn(C2CCCC2)n1. The summed E-state index contributed by atoms with van der Waals surface area (Å²) in [7, 11) is 0. The first-order valence-electron chi connectivity index (χ1n) is 7.11. The summed E-state index contributed by atoms with van der Waals surface area (Å²) in [4.78, 5) is 0. The Morgan fingerprint density at radius 3 is 2.94 bits per heavy atom. The average molecular weight is 251 g/mol. The normalized spacial score (nSPS) is 16.8. The Bertz CT molecular complexity index is 343. The summed E-state index contributed by atoms with van der Waals surface area (Å²) < 4.78 is 7.73. The first-order valence-corrected chi connectivity index (χ1v) is 7.11. The van der Waals surface area contributed by atoms with Gasteiger partial charge in [-0.2, -0.15) is 5.10 Å². The minimum absolute atomic E-state index is 0.523. The van der Waals surface area contributed by atoms with Gasteiger partial charge in [0.25, 0.3) is 0 Å². The van der Waals surface area contributed by atoms with Gasteiger partial charge < -0.3 is 10.1 Å². The highest BCUT2D eigenvalue weighted by atomic mass is 16.5. The first kappa shape index (κ1) is 13.6. The highest BCUT2D eigenvalue weighted by Gasteiger charge is 2.17. The van der Waals surface area contributed by atoms with Gasteiger partial charge in [0.1, 0.15) is 0 Å². The summed E-state index contributed by atoms with van der Waals surface area (Å²) in [6.07, 6.45) is 7.34. The second-order valence-corrected chi connectivity index (χ2v) is 5.39. The molecule has 1 saturated carbocycles. The van der Waals surface area contributed by atoms with Crippen LogP contribution >= 0.6 is 0 Å². The fourth-order valence-corrected chi connectivity index (χ4v) is 2.42. The Morgan fingerprint density at radius 1 is 1.44 bits per heavy atom. The lowest BCUT2D eigenvalue weighted by Crippen LogP contribution is -2.26. The largest absolute Gasteiger partial charge is 0.374 e. The van der Waals surface area contributed by atoms with Gasteiger partial charge in [0, 0.05) is 18.8 Å². The summed E-state index contributed by atoms with van der Waals surface area (Å²) in [5, 5.41) is 7.93. The second kappa shape index (κ2) is 6.90. The molecule has 0 spiro atoms. The number of hydrogen-bond donors (Lipinski definition) is 1. The van der Waals surface area contributed by atoms with E-state index in [2.05, 4.69) is 41.2 Å². The molecule has 1 aliphatic carbocycles. The Labute approximate surface area is 110 Å². The maximum Gasteiger partial charge on any atom is 0.0907 e. The Morgan fingerprint density at radius 2 is 2.22 bits per heavy atom. The maximum absolute atomic E-state index is 5.61. The zero-order valence-electron chi connectivity index (χ0n) is 11.6. The summed E-state index contributed by atoms with van der Waals surface area (Å²) >= 11 is 0. The van der Waals surface area contributed by atoms with Crippen LogP contribution in [0.5, 0.6) is 0 Å². The summed E-state index contributed by atoms with van der Waals surface area (Å²) in [6, 6.07) is 3.23. The van der Waals surface area contributed by atoms with E-state index in [0.29, 0.717) is 18.7 Å². The van der Waals surface area contributed by atoms with E-state index in [-0.39, 0.29) is 0 Å². The molecule has 1 fully saturated rings. The van der Waals surface area contributed by atoms with E-state index in [1.807, 2.05) is 0 Å². The Balaban J connectivity index is 1.67. The van der Waals surface area contributed by atoms with E-state index in [1.165, 1.54) is 25.7 Å². The standard InChI is InChI=1S/C14H25N3O/c1-12(2)15-8-10-18-11-13-7-9-17(16-13)14-5-3-4-6-14/h7,9,12,14-15H,3-6,8,10-11H2,1-2H3. The van der Waals surface area contributed by atoms with Crippen LogP contribution in [0.1, 0.15) is 51.3 Å². The van der Waals surface area contributed by atoms with Crippen LogP contribution in [0.4, 0.5) is 0 Å². The minimum atomic E-state index is 0.523. The third-order valence-corrected chi connectivity index (χ3v) is 3.41. The van der Waals surface area contributed by atoms with Crippen molar-refractivity contribution in [3.8, 4) is 0 Å². The van der Waals surface area contributed by atoms with Gasteiger partial charge >= 0.3 is 0 Å². The van der Waals surface area contributed by atoms with E-state index >= 15 is 0 Å². The van der Waals surface area contributed by atoms with E-state index in [4.69, 9.17) is 4.74 Å². The monoisotopic (exact) mass is 251 g/mol. The molecule has 0 bridgehead atoms. The zero-order valence-corrected chi connectivity index (χ0v) is 11.6. The lowest BCUT2D eigenvalue weighted by molar-refractivity contribution is 0.118.